The molecule has 1 amide bonds. The van der Waals surface area contributed by atoms with Crippen molar-refractivity contribution in [3.05, 3.63) is 70.3 Å². The molecule has 1 aromatic carbocycles. The van der Waals surface area contributed by atoms with Gasteiger partial charge in [-0.15, -0.1) is 0 Å². The van der Waals surface area contributed by atoms with Crippen LogP contribution in [0.5, 0.6) is 0 Å². The van der Waals surface area contributed by atoms with Gasteiger partial charge in [-0.1, -0.05) is 30.3 Å². The van der Waals surface area contributed by atoms with E-state index in [9.17, 15) is 4.79 Å². The third-order valence-electron chi connectivity index (χ3n) is 5.80. The molecule has 0 spiro atoms. The van der Waals surface area contributed by atoms with Crippen LogP contribution >= 0.6 is 0 Å². The van der Waals surface area contributed by atoms with Gasteiger partial charge in [-0.3, -0.25) is 4.79 Å². The van der Waals surface area contributed by atoms with Crippen molar-refractivity contribution in [3.8, 4) is 5.95 Å². The Hall–Kier alpha value is -3.02. The van der Waals surface area contributed by atoms with Crippen molar-refractivity contribution in [2.45, 2.75) is 52.4 Å². The first-order chi connectivity index (χ1) is 13.9. The third kappa shape index (κ3) is 3.92. The van der Waals surface area contributed by atoms with E-state index < -0.39 is 0 Å². The molecule has 2 aromatic heterocycles. The van der Waals surface area contributed by atoms with Gasteiger partial charge in [-0.25, -0.2) is 14.6 Å². The van der Waals surface area contributed by atoms with E-state index in [0.29, 0.717) is 18.9 Å². The van der Waals surface area contributed by atoms with Crippen molar-refractivity contribution >= 4 is 5.91 Å². The Bertz CT molecular complexity index is 1030. The van der Waals surface area contributed by atoms with E-state index in [1.54, 1.807) is 4.68 Å². The number of hydrogen-bond donors (Lipinski definition) is 1. The van der Waals surface area contributed by atoms with Crippen molar-refractivity contribution < 1.29 is 4.79 Å². The average molecular weight is 390 g/mol. The Morgan fingerprint density at radius 1 is 1.07 bits per heavy atom. The number of aromatic nitrogens is 4. The van der Waals surface area contributed by atoms with Crippen molar-refractivity contribution in [3.63, 3.8) is 0 Å². The molecule has 1 N–H and O–H groups in total. The van der Waals surface area contributed by atoms with Crippen LogP contribution in [0.4, 0.5) is 0 Å². The Balaban J connectivity index is 1.47. The summed E-state index contributed by atoms with van der Waals surface area (Å²) < 4.78 is 1.74. The molecule has 0 atom stereocenters. The van der Waals surface area contributed by atoms with E-state index >= 15 is 0 Å². The van der Waals surface area contributed by atoms with Crippen LogP contribution < -0.4 is 5.32 Å². The number of aryl methyl sites for hydroxylation is 3. The number of benzene rings is 1. The lowest BCUT2D eigenvalue weighted by Crippen LogP contribution is -2.33. The highest BCUT2D eigenvalue weighted by atomic mass is 16.1. The Labute approximate surface area is 171 Å². The van der Waals surface area contributed by atoms with Gasteiger partial charge >= 0.3 is 0 Å². The number of nitrogens with one attached hydrogen (secondary N) is 1. The van der Waals surface area contributed by atoms with Crippen LogP contribution in [0.25, 0.3) is 5.95 Å². The van der Waals surface area contributed by atoms with E-state index in [0.717, 1.165) is 41.2 Å². The van der Waals surface area contributed by atoms with Gasteiger partial charge < -0.3 is 5.32 Å². The number of carbonyl (C=O) groups excluding carboxylic acids is 1. The predicted octanol–water partition coefficient (Wildman–Crippen LogP) is 3.29. The summed E-state index contributed by atoms with van der Waals surface area (Å²) in [6, 6.07) is 12.4. The minimum absolute atomic E-state index is 0.0271. The van der Waals surface area contributed by atoms with Gasteiger partial charge in [0.05, 0.1) is 12.1 Å². The molecule has 0 radical (unpaired) electrons. The van der Waals surface area contributed by atoms with Crippen LogP contribution in [0.15, 0.2) is 36.4 Å². The molecular formula is C23H27N5O. The van der Waals surface area contributed by atoms with E-state index in [1.165, 1.54) is 5.56 Å². The van der Waals surface area contributed by atoms with Gasteiger partial charge in [0.15, 0.2) is 0 Å². The van der Waals surface area contributed by atoms with Gasteiger partial charge in [-0.05, 0) is 52.2 Å². The molecule has 0 aliphatic heterocycles. The SMILES string of the molecule is Cc1cc(C)nc(-n2nc(C)c(CC(=O)NCC3(c4ccccc4)CC3)c2C)n1. The molecule has 6 heteroatoms. The van der Waals surface area contributed by atoms with Gasteiger partial charge in [0.25, 0.3) is 5.95 Å². The zero-order valence-corrected chi connectivity index (χ0v) is 17.5. The number of rotatable bonds is 6. The highest BCUT2D eigenvalue weighted by Crippen LogP contribution is 2.47. The van der Waals surface area contributed by atoms with Crippen LogP contribution in [0, 0.1) is 27.7 Å². The van der Waals surface area contributed by atoms with Crippen LogP contribution in [0.3, 0.4) is 0 Å². The summed E-state index contributed by atoms with van der Waals surface area (Å²) in [5.74, 6) is 0.579. The maximum atomic E-state index is 12.7. The van der Waals surface area contributed by atoms with Gasteiger partial charge in [0.1, 0.15) is 0 Å². The maximum absolute atomic E-state index is 12.7. The lowest BCUT2D eigenvalue weighted by Gasteiger charge is -2.16. The van der Waals surface area contributed by atoms with Crippen LogP contribution in [-0.4, -0.2) is 32.2 Å². The molecule has 0 bridgehead atoms. The number of carbonyl (C=O) groups is 1. The summed E-state index contributed by atoms with van der Waals surface area (Å²) in [4.78, 5) is 21.7. The number of hydrogen-bond acceptors (Lipinski definition) is 4. The Morgan fingerprint density at radius 2 is 1.72 bits per heavy atom. The first-order valence-electron chi connectivity index (χ1n) is 10.1. The second-order valence-corrected chi connectivity index (χ2v) is 8.11. The van der Waals surface area contributed by atoms with Crippen molar-refractivity contribution in [2.24, 2.45) is 0 Å². The highest BCUT2D eigenvalue weighted by Gasteiger charge is 2.44. The first kappa shape index (κ1) is 19.3. The zero-order chi connectivity index (χ0) is 20.6. The molecule has 0 unspecified atom stereocenters. The molecule has 2 heterocycles. The van der Waals surface area contributed by atoms with E-state index in [-0.39, 0.29) is 11.3 Å². The molecule has 0 saturated heterocycles. The summed E-state index contributed by atoms with van der Waals surface area (Å²) >= 11 is 0. The average Bonchev–Trinajstić information content (AvgIpc) is 3.44. The van der Waals surface area contributed by atoms with Crippen LogP contribution in [0.1, 0.15) is 46.7 Å². The first-order valence-corrected chi connectivity index (χ1v) is 10.1. The minimum atomic E-state index is 0.0271. The normalized spacial score (nSPS) is 14.6. The van der Waals surface area contributed by atoms with Crippen LogP contribution in [0.2, 0.25) is 0 Å². The lowest BCUT2D eigenvalue weighted by atomic mass is 9.96. The number of amides is 1. The van der Waals surface area contributed by atoms with Crippen molar-refractivity contribution in [2.75, 3.05) is 6.54 Å². The van der Waals surface area contributed by atoms with E-state index in [4.69, 9.17) is 0 Å². The van der Waals surface area contributed by atoms with Crippen molar-refractivity contribution in [1.82, 2.24) is 25.1 Å². The molecule has 150 valence electrons. The molecular weight excluding hydrogens is 362 g/mol. The fourth-order valence-electron chi connectivity index (χ4n) is 3.93. The van der Waals surface area contributed by atoms with E-state index in [2.05, 4.69) is 44.6 Å². The quantitative estimate of drug-likeness (QED) is 0.702. The third-order valence-corrected chi connectivity index (χ3v) is 5.80. The molecule has 6 nitrogen and oxygen atoms in total. The zero-order valence-electron chi connectivity index (χ0n) is 17.5. The van der Waals surface area contributed by atoms with E-state index in [1.807, 2.05) is 39.8 Å². The van der Waals surface area contributed by atoms with Crippen LogP contribution in [-0.2, 0) is 16.6 Å². The summed E-state index contributed by atoms with van der Waals surface area (Å²) in [7, 11) is 0. The van der Waals surface area contributed by atoms with Crippen molar-refractivity contribution in [1.29, 1.82) is 0 Å². The standard InChI is InChI=1S/C23H27N5O/c1-15-12-16(2)26-22(25-15)28-18(4)20(17(3)27-28)13-21(29)24-14-23(10-11-23)19-8-6-5-7-9-19/h5-9,12H,10-11,13-14H2,1-4H3,(H,24,29). The lowest BCUT2D eigenvalue weighted by molar-refractivity contribution is -0.120. The molecule has 1 saturated carbocycles. The topological polar surface area (TPSA) is 72.7 Å². The molecule has 1 fully saturated rings. The smallest absolute Gasteiger partial charge is 0.251 e. The van der Waals surface area contributed by atoms with Gasteiger partial charge in [0.2, 0.25) is 5.91 Å². The summed E-state index contributed by atoms with van der Waals surface area (Å²) in [6.07, 6.45) is 2.56. The molecule has 1 aliphatic carbocycles. The highest BCUT2D eigenvalue weighted by molar-refractivity contribution is 5.79. The monoisotopic (exact) mass is 389 g/mol. The molecule has 1 aliphatic rings. The second kappa shape index (κ2) is 7.43. The predicted molar refractivity (Wildman–Crippen MR) is 112 cm³/mol. The Morgan fingerprint density at radius 3 is 2.34 bits per heavy atom. The van der Waals surface area contributed by atoms with Gasteiger partial charge in [-0.2, -0.15) is 5.10 Å². The summed E-state index contributed by atoms with van der Waals surface area (Å²) in [5, 5.41) is 7.74. The fourth-order valence-corrected chi connectivity index (χ4v) is 3.93. The minimum Gasteiger partial charge on any atom is -0.355 e. The largest absolute Gasteiger partial charge is 0.355 e. The van der Waals surface area contributed by atoms with Gasteiger partial charge in [0, 0.05) is 34.6 Å². The summed E-state index contributed by atoms with van der Waals surface area (Å²) in [5.41, 5.74) is 5.90. The molecule has 29 heavy (non-hydrogen) atoms. The summed E-state index contributed by atoms with van der Waals surface area (Å²) in [6.45, 7) is 8.47. The number of nitrogens with zero attached hydrogens (tertiary/aromatic N) is 4. The molecule has 3 aromatic rings. The second-order valence-electron chi connectivity index (χ2n) is 8.11. The Kier molecular flexibility index (Phi) is 4.94. The fraction of sp³-hybridized carbons (Fsp3) is 0.391. The maximum Gasteiger partial charge on any atom is 0.251 e. The molecule has 4 rings (SSSR count).